The van der Waals surface area contributed by atoms with Crippen molar-refractivity contribution in [2.75, 3.05) is 17.9 Å². The lowest BCUT2D eigenvalue weighted by Gasteiger charge is -2.34. The lowest BCUT2D eigenvalue weighted by atomic mass is 10.0. The first-order valence-corrected chi connectivity index (χ1v) is 10.4. The molecule has 31 heavy (non-hydrogen) atoms. The molecule has 1 aliphatic rings. The molecule has 0 aliphatic carbocycles. The molecule has 2 heterocycles. The van der Waals surface area contributed by atoms with Crippen molar-refractivity contribution in [3.63, 3.8) is 0 Å². The third kappa shape index (κ3) is 4.36. The van der Waals surface area contributed by atoms with Gasteiger partial charge in [-0.15, -0.1) is 0 Å². The van der Waals surface area contributed by atoms with Gasteiger partial charge >= 0.3 is 6.18 Å². The van der Waals surface area contributed by atoms with E-state index in [-0.39, 0.29) is 11.6 Å². The number of carbonyl (C=O) groups is 1. The molecule has 1 aromatic heterocycles. The molecule has 2 atom stereocenters. The predicted molar refractivity (Wildman–Crippen MR) is 114 cm³/mol. The summed E-state index contributed by atoms with van der Waals surface area (Å²) in [5, 5.41) is 2.90. The van der Waals surface area contributed by atoms with Crippen LogP contribution >= 0.6 is 11.8 Å². The number of methoxy groups -OCH3 is 1. The number of hydrogen-bond donors (Lipinski definition) is 2. The van der Waals surface area contributed by atoms with Gasteiger partial charge in [-0.3, -0.25) is 9.47 Å². The van der Waals surface area contributed by atoms with Gasteiger partial charge < -0.3 is 15.5 Å². The second kappa shape index (κ2) is 8.22. The van der Waals surface area contributed by atoms with E-state index in [1.54, 1.807) is 7.11 Å². The Kier molecular flexibility index (Phi) is 5.62. The molecular formula is C22H20F3N3O2S. The molecular weight excluding hydrogens is 427 g/mol. The van der Waals surface area contributed by atoms with Crippen LogP contribution in [0.5, 0.6) is 5.75 Å². The highest BCUT2D eigenvalue weighted by Crippen LogP contribution is 2.39. The quantitative estimate of drug-likeness (QED) is 0.576. The summed E-state index contributed by atoms with van der Waals surface area (Å²) in [6, 6.07) is 15.4. The summed E-state index contributed by atoms with van der Waals surface area (Å²) in [5.74, 6) is 0.303. The van der Waals surface area contributed by atoms with Crippen LogP contribution in [0.4, 0.5) is 18.9 Å². The van der Waals surface area contributed by atoms with Crippen molar-refractivity contribution in [1.82, 2.24) is 4.68 Å². The minimum absolute atomic E-state index is 0.103. The Hall–Kier alpha value is -3.07. The first kappa shape index (κ1) is 21.2. The maximum atomic E-state index is 13.2. The highest BCUT2D eigenvalue weighted by atomic mass is 32.2. The molecule has 0 unspecified atom stereocenters. The molecule has 0 saturated heterocycles. The van der Waals surface area contributed by atoms with Gasteiger partial charge in [-0.2, -0.15) is 13.2 Å². The number of aryl methyl sites for hydroxylation is 1. The largest absolute Gasteiger partial charge is 0.497 e. The second-order valence-corrected chi connectivity index (χ2v) is 8.30. The van der Waals surface area contributed by atoms with Crippen LogP contribution in [0.15, 0.2) is 65.7 Å². The fourth-order valence-electron chi connectivity index (χ4n) is 3.43. The van der Waals surface area contributed by atoms with Gasteiger partial charge in [-0.05, 0) is 55.0 Å². The van der Waals surface area contributed by atoms with Gasteiger partial charge in [0.1, 0.15) is 11.0 Å². The molecule has 9 heteroatoms. The highest BCUT2D eigenvalue weighted by molar-refractivity contribution is 8.00. The second-order valence-electron chi connectivity index (χ2n) is 7.13. The zero-order valence-corrected chi connectivity index (χ0v) is 17.6. The van der Waals surface area contributed by atoms with E-state index in [0.29, 0.717) is 5.75 Å². The summed E-state index contributed by atoms with van der Waals surface area (Å²) < 4.78 is 46.2. The maximum Gasteiger partial charge on any atom is 0.416 e. The summed E-state index contributed by atoms with van der Waals surface area (Å²) in [6.07, 6.45) is -4.48. The lowest BCUT2D eigenvalue weighted by molar-refractivity contribution is -0.137. The van der Waals surface area contributed by atoms with Crippen LogP contribution in [0.25, 0.3) is 0 Å². The van der Waals surface area contributed by atoms with Crippen LogP contribution in [0.1, 0.15) is 22.9 Å². The molecule has 0 spiro atoms. The highest BCUT2D eigenvalue weighted by Gasteiger charge is 2.36. The Bertz CT molecular complexity index is 1100. The Morgan fingerprint density at radius 3 is 2.55 bits per heavy atom. The van der Waals surface area contributed by atoms with Gasteiger partial charge in [0.15, 0.2) is 0 Å². The molecule has 0 bridgehead atoms. The van der Waals surface area contributed by atoms with Crippen LogP contribution in [0.2, 0.25) is 0 Å². The van der Waals surface area contributed by atoms with E-state index in [4.69, 9.17) is 4.74 Å². The average Bonchev–Trinajstić information content (AvgIpc) is 3.12. The number of carbonyl (C=O) groups excluding carboxylic acids is 1. The van der Waals surface area contributed by atoms with E-state index >= 15 is 0 Å². The minimum Gasteiger partial charge on any atom is -0.497 e. The number of thioether (sulfide) groups is 1. The van der Waals surface area contributed by atoms with Gasteiger partial charge in [-0.1, -0.05) is 30.0 Å². The molecule has 5 nitrogen and oxygen atoms in total. The number of ether oxygens (including phenoxy) is 1. The van der Waals surface area contributed by atoms with E-state index in [1.165, 1.54) is 23.9 Å². The van der Waals surface area contributed by atoms with Crippen molar-refractivity contribution < 1.29 is 22.7 Å². The number of nitrogens with one attached hydrogen (secondary N) is 2. The SMILES string of the molecule is COc1ccc([C@@H]2Nn3c(C)ccc3S[C@@H]2C(=O)Nc2cccc(C(F)(F)F)c2)cc1. The summed E-state index contributed by atoms with van der Waals surface area (Å²) >= 11 is 1.36. The maximum absolute atomic E-state index is 13.2. The minimum atomic E-state index is -4.48. The van der Waals surface area contributed by atoms with E-state index < -0.39 is 23.0 Å². The molecule has 2 N–H and O–H groups in total. The third-order valence-corrected chi connectivity index (χ3v) is 6.35. The molecule has 2 aromatic carbocycles. The van der Waals surface area contributed by atoms with Gasteiger partial charge in [0.2, 0.25) is 5.91 Å². The number of amides is 1. The topological polar surface area (TPSA) is 55.3 Å². The molecule has 162 valence electrons. The third-order valence-electron chi connectivity index (χ3n) is 5.05. The Labute approximate surface area is 181 Å². The predicted octanol–water partition coefficient (Wildman–Crippen LogP) is 5.22. The fourth-order valence-corrected chi connectivity index (χ4v) is 4.66. The lowest BCUT2D eigenvalue weighted by Crippen LogP contribution is -2.41. The Morgan fingerprint density at radius 1 is 1.13 bits per heavy atom. The van der Waals surface area contributed by atoms with Crippen LogP contribution in [-0.2, 0) is 11.0 Å². The molecule has 3 aromatic rings. The number of alkyl halides is 3. The fraction of sp³-hybridized carbons (Fsp3) is 0.227. The van der Waals surface area contributed by atoms with Crippen LogP contribution in [-0.4, -0.2) is 22.9 Å². The van der Waals surface area contributed by atoms with Crippen molar-refractivity contribution in [2.24, 2.45) is 0 Å². The van der Waals surface area contributed by atoms with Gasteiger partial charge in [-0.25, -0.2) is 0 Å². The van der Waals surface area contributed by atoms with E-state index in [9.17, 15) is 18.0 Å². The normalized spacial score (nSPS) is 18.1. The number of nitrogens with zero attached hydrogens (tertiary/aromatic N) is 1. The number of benzene rings is 2. The first-order valence-electron chi connectivity index (χ1n) is 9.50. The molecule has 0 radical (unpaired) electrons. The van der Waals surface area contributed by atoms with E-state index in [1.807, 2.05) is 48.0 Å². The van der Waals surface area contributed by atoms with Crippen molar-refractivity contribution in [1.29, 1.82) is 0 Å². The molecule has 0 saturated carbocycles. The van der Waals surface area contributed by atoms with Gasteiger partial charge in [0, 0.05) is 11.4 Å². The van der Waals surface area contributed by atoms with Crippen molar-refractivity contribution in [3.05, 3.63) is 77.5 Å². The first-order chi connectivity index (χ1) is 14.8. The van der Waals surface area contributed by atoms with E-state index in [2.05, 4.69) is 10.7 Å². The van der Waals surface area contributed by atoms with Crippen molar-refractivity contribution in [3.8, 4) is 5.75 Å². The summed E-state index contributed by atoms with van der Waals surface area (Å²) in [5.41, 5.74) is 4.50. The average molecular weight is 447 g/mol. The van der Waals surface area contributed by atoms with Crippen LogP contribution < -0.4 is 15.5 Å². The number of fused-ring (bicyclic) bond motifs is 1. The smallest absolute Gasteiger partial charge is 0.416 e. The zero-order chi connectivity index (χ0) is 22.2. The van der Waals surface area contributed by atoms with Crippen LogP contribution in [0.3, 0.4) is 0 Å². The Morgan fingerprint density at radius 2 is 1.87 bits per heavy atom. The molecule has 1 aliphatic heterocycles. The van der Waals surface area contributed by atoms with E-state index in [0.717, 1.165) is 28.4 Å². The number of rotatable bonds is 4. The number of halogens is 3. The van der Waals surface area contributed by atoms with Gasteiger partial charge in [0.25, 0.3) is 0 Å². The molecule has 1 amide bonds. The number of hydrogen-bond acceptors (Lipinski definition) is 4. The monoisotopic (exact) mass is 447 g/mol. The van der Waals surface area contributed by atoms with Crippen molar-refractivity contribution >= 4 is 23.4 Å². The standard InChI is InChI=1S/C22H20F3N3O2S/c1-13-6-11-18-28(13)27-19(14-7-9-17(30-2)10-8-14)20(31-18)21(29)26-16-5-3-4-15(12-16)22(23,24)25/h3-12,19-20,27H,1-2H3,(H,26,29)/t19-,20-/m0/s1. The van der Waals surface area contributed by atoms with Gasteiger partial charge in [0.05, 0.1) is 23.7 Å². The van der Waals surface area contributed by atoms with Crippen molar-refractivity contribution in [2.45, 2.75) is 29.4 Å². The summed E-state index contributed by atoms with van der Waals surface area (Å²) in [4.78, 5) is 13.2. The zero-order valence-electron chi connectivity index (χ0n) is 16.7. The molecule has 0 fully saturated rings. The summed E-state index contributed by atoms with van der Waals surface area (Å²) in [7, 11) is 1.57. The van der Waals surface area contributed by atoms with Crippen LogP contribution in [0, 0.1) is 6.92 Å². The number of anilines is 1. The molecule has 4 rings (SSSR count). The Balaban J connectivity index is 1.64. The summed E-state index contributed by atoms with van der Waals surface area (Å²) in [6.45, 7) is 1.95. The number of aromatic nitrogens is 1.